The van der Waals surface area contributed by atoms with Gasteiger partial charge in [0.25, 0.3) is 0 Å². The highest BCUT2D eigenvalue weighted by Crippen LogP contribution is 2.29. The first kappa shape index (κ1) is 15.1. The van der Waals surface area contributed by atoms with Crippen LogP contribution in [0.1, 0.15) is 16.7 Å². The Labute approximate surface area is 119 Å². The van der Waals surface area contributed by atoms with Gasteiger partial charge < -0.3 is 4.90 Å². The Kier molecular flexibility index (Phi) is 4.30. The van der Waals surface area contributed by atoms with E-state index in [4.69, 9.17) is 0 Å². The van der Waals surface area contributed by atoms with E-state index in [0.717, 1.165) is 17.7 Å². The quantitative estimate of drug-likeness (QED) is 0.943. The molecule has 1 heterocycles. The van der Waals surface area contributed by atoms with Gasteiger partial charge >= 0.3 is 6.18 Å². The van der Waals surface area contributed by atoms with Crippen LogP contribution in [0.3, 0.4) is 0 Å². The highest BCUT2D eigenvalue weighted by Gasteiger charge is 2.30. The van der Waals surface area contributed by atoms with Gasteiger partial charge in [-0.05, 0) is 11.6 Å². The fourth-order valence-electron chi connectivity index (χ4n) is 1.89. The lowest BCUT2D eigenvalue weighted by atomic mass is 10.1. The highest BCUT2D eigenvalue weighted by atomic mass is 19.4. The standard InChI is InChI=1S/C14H14F3N3O/c1-20(9-11-7-18-19-8-11)13(21)6-10-3-2-4-12(5-10)14(15,16)17/h2-5,7-8H,6,9H2,1H3,(H,18,19). The Morgan fingerprint density at radius 2 is 2.10 bits per heavy atom. The number of H-pyrrole nitrogens is 1. The molecule has 0 fully saturated rings. The number of carbonyl (C=O) groups excluding carboxylic acids is 1. The van der Waals surface area contributed by atoms with E-state index in [0.29, 0.717) is 12.1 Å². The molecule has 0 spiro atoms. The van der Waals surface area contributed by atoms with Crippen molar-refractivity contribution in [2.45, 2.75) is 19.1 Å². The smallest absolute Gasteiger partial charge is 0.341 e. The molecular weight excluding hydrogens is 283 g/mol. The number of amides is 1. The van der Waals surface area contributed by atoms with E-state index in [1.54, 1.807) is 19.4 Å². The van der Waals surface area contributed by atoms with E-state index >= 15 is 0 Å². The van der Waals surface area contributed by atoms with Crippen LogP contribution < -0.4 is 0 Å². The summed E-state index contributed by atoms with van der Waals surface area (Å²) in [4.78, 5) is 13.5. The molecule has 1 aromatic carbocycles. The topological polar surface area (TPSA) is 49.0 Å². The van der Waals surface area contributed by atoms with Crippen molar-refractivity contribution in [3.05, 3.63) is 53.3 Å². The van der Waals surface area contributed by atoms with Crippen molar-refractivity contribution in [3.63, 3.8) is 0 Å². The summed E-state index contributed by atoms with van der Waals surface area (Å²) in [5, 5.41) is 6.40. The molecule has 0 atom stereocenters. The van der Waals surface area contributed by atoms with Crippen molar-refractivity contribution in [2.75, 3.05) is 7.05 Å². The van der Waals surface area contributed by atoms with E-state index in [1.807, 2.05) is 0 Å². The van der Waals surface area contributed by atoms with Crippen LogP contribution in [0.15, 0.2) is 36.7 Å². The van der Waals surface area contributed by atoms with Gasteiger partial charge in [-0.1, -0.05) is 18.2 Å². The molecular formula is C14H14F3N3O. The highest BCUT2D eigenvalue weighted by molar-refractivity contribution is 5.78. The maximum absolute atomic E-state index is 12.6. The molecule has 0 aliphatic heterocycles. The van der Waals surface area contributed by atoms with Crippen molar-refractivity contribution in [1.82, 2.24) is 15.1 Å². The molecule has 0 aliphatic rings. The summed E-state index contributed by atoms with van der Waals surface area (Å²) in [6.45, 7) is 0.355. The normalized spacial score (nSPS) is 11.4. The van der Waals surface area contributed by atoms with Gasteiger partial charge in [-0.2, -0.15) is 18.3 Å². The van der Waals surface area contributed by atoms with Gasteiger partial charge in [-0.25, -0.2) is 0 Å². The van der Waals surface area contributed by atoms with Crippen LogP contribution >= 0.6 is 0 Å². The third-order valence-corrected chi connectivity index (χ3v) is 3.01. The van der Waals surface area contributed by atoms with E-state index < -0.39 is 11.7 Å². The number of nitrogens with one attached hydrogen (secondary N) is 1. The molecule has 1 N–H and O–H groups in total. The Balaban J connectivity index is 2.02. The van der Waals surface area contributed by atoms with E-state index in [2.05, 4.69) is 10.2 Å². The van der Waals surface area contributed by atoms with Gasteiger partial charge in [0.1, 0.15) is 0 Å². The molecule has 0 bridgehead atoms. The van der Waals surface area contributed by atoms with Crippen LogP contribution in [-0.4, -0.2) is 28.1 Å². The zero-order chi connectivity index (χ0) is 15.5. The maximum atomic E-state index is 12.6. The average molecular weight is 297 g/mol. The van der Waals surface area contributed by atoms with Crippen molar-refractivity contribution >= 4 is 5.91 Å². The van der Waals surface area contributed by atoms with Crippen LogP contribution in [0.25, 0.3) is 0 Å². The van der Waals surface area contributed by atoms with Gasteiger partial charge in [0, 0.05) is 25.4 Å². The number of benzene rings is 1. The second-order valence-corrected chi connectivity index (χ2v) is 4.73. The SMILES string of the molecule is CN(Cc1cn[nH]c1)C(=O)Cc1cccc(C(F)(F)F)c1. The lowest BCUT2D eigenvalue weighted by molar-refractivity contribution is -0.138. The minimum Gasteiger partial charge on any atom is -0.341 e. The van der Waals surface area contributed by atoms with E-state index in [9.17, 15) is 18.0 Å². The summed E-state index contributed by atoms with van der Waals surface area (Å²) in [6, 6.07) is 4.81. The number of alkyl halides is 3. The Morgan fingerprint density at radius 1 is 1.33 bits per heavy atom. The largest absolute Gasteiger partial charge is 0.416 e. The number of aromatic nitrogens is 2. The third kappa shape index (κ3) is 4.08. The first-order valence-corrected chi connectivity index (χ1v) is 6.24. The molecule has 21 heavy (non-hydrogen) atoms. The Bertz CT molecular complexity index is 608. The summed E-state index contributed by atoms with van der Waals surface area (Å²) in [5.74, 6) is -0.254. The third-order valence-electron chi connectivity index (χ3n) is 3.01. The summed E-state index contributed by atoms with van der Waals surface area (Å²) in [6.07, 6.45) is -1.22. The molecule has 1 aromatic heterocycles. The van der Waals surface area contributed by atoms with Gasteiger partial charge in [0.05, 0.1) is 18.2 Å². The van der Waals surface area contributed by atoms with Crippen LogP contribution in [0.5, 0.6) is 0 Å². The second kappa shape index (κ2) is 5.99. The van der Waals surface area contributed by atoms with Crippen LogP contribution in [0.4, 0.5) is 13.2 Å². The minimum absolute atomic E-state index is 0.0712. The minimum atomic E-state index is -4.40. The number of hydrogen-bond donors (Lipinski definition) is 1. The summed E-state index contributed by atoms with van der Waals surface area (Å²) < 4.78 is 37.8. The zero-order valence-electron chi connectivity index (χ0n) is 11.3. The molecule has 112 valence electrons. The summed E-state index contributed by atoms with van der Waals surface area (Å²) in [7, 11) is 1.60. The van der Waals surface area contributed by atoms with Crippen molar-refractivity contribution < 1.29 is 18.0 Å². The predicted molar refractivity (Wildman–Crippen MR) is 70.2 cm³/mol. The summed E-state index contributed by atoms with van der Waals surface area (Å²) in [5.41, 5.74) is 0.425. The molecule has 4 nitrogen and oxygen atoms in total. The van der Waals surface area contributed by atoms with Crippen LogP contribution in [0.2, 0.25) is 0 Å². The molecule has 0 saturated heterocycles. The monoisotopic (exact) mass is 297 g/mol. The average Bonchev–Trinajstić information content (AvgIpc) is 2.91. The lowest BCUT2D eigenvalue weighted by Gasteiger charge is -2.16. The zero-order valence-corrected chi connectivity index (χ0v) is 11.3. The molecule has 7 heteroatoms. The van der Waals surface area contributed by atoms with Crippen molar-refractivity contribution in [3.8, 4) is 0 Å². The van der Waals surface area contributed by atoms with Gasteiger partial charge in [-0.3, -0.25) is 9.89 Å². The fourth-order valence-corrected chi connectivity index (χ4v) is 1.89. The fraction of sp³-hybridized carbons (Fsp3) is 0.286. The first-order chi connectivity index (χ1) is 9.86. The molecule has 0 saturated carbocycles. The number of halogens is 3. The number of carbonyl (C=O) groups is 1. The number of nitrogens with zero attached hydrogens (tertiary/aromatic N) is 2. The van der Waals surface area contributed by atoms with Gasteiger partial charge in [0.2, 0.25) is 5.91 Å². The molecule has 2 aromatic rings. The lowest BCUT2D eigenvalue weighted by Crippen LogP contribution is -2.27. The molecule has 2 rings (SSSR count). The molecule has 0 radical (unpaired) electrons. The van der Waals surface area contributed by atoms with Gasteiger partial charge in [-0.15, -0.1) is 0 Å². The van der Waals surface area contributed by atoms with Crippen molar-refractivity contribution in [1.29, 1.82) is 0 Å². The Hall–Kier alpha value is -2.31. The van der Waals surface area contributed by atoms with Crippen LogP contribution in [0, 0.1) is 0 Å². The predicted octanol–water partition coefficient (Wildman–Crippen LogP) is 2.63. The number of rotatable bonds is 4. The second-order valence-electron chi connectivity index (χ2n) is 4.73. The van der Waals surface area contributed by atoms with Crippen LogP contribution in [-0.2, 0) is 23.9 Å². The molecule has 0 aliphatic carbocycles. The first-order valence-electron chi connectivity index (χ1n) is 6.24. The van der Waals surface area contributed by atoms with E-state index in [-0.39, 0.29) is 12.3 Å². The molecule has 1 amide bonds. The number of hydrogen-bond acceptors (Lipinski definition) is 2. The maximum Gasteiger partial charge on any atom is 0.416 e. The van der Waals surface area contributed by atoms with E-state index in [1.165, 1.54) is 17.0 Å². The summed E-state index contributed by atoms with van der Waals surface area (Å²) >= 11 is 0. The Morgan fingerprint density at radius 3 is 2.71 bits per heavy atom. The number of aromatic amines is 1. The van der Waals surface area contributed by atoms with Crippen molar-refractivity contribution in [2.24, 2.45) is 0 Å². The van der Waals surface area contributed by atoms with Gasteiger partial charge in [0.15, 0.2) is 0 Å². The number of likely N-dealkylation sites (N-methyl/N-ethyl adjacent to an activating group) is 1. The molecule has 0 unspecified atom stereocenters.